The molecular weight excluding hydrogens is 356 g/mol. The molecule has 28 heavy (non-hydrogen) atoms. The second-order valence-electron chi connectivity index (χ2n) is 8.00. The molecular formula is C21H30N4O3. The summed E-state index contributed by atoms with van der Waals surface area (Å²) in [6, 6.07) is 8.15. The highest BCUT2D eigenvalue weighted by atomic mass is 16.5. The van der Waals surface area contributed by atoms with Crippen molar-refractivity contribution in [3.05, 3.63) is 24.3 Å². The molecule has 2 aliphatic carbocycles. The van der Waals surface area contributed by atoms with Crippen LogP contribution in [0, 0.1) is 0 Å². The van der Waals surface area contributed by atoms with Gasteiger partial charge in [0, 0.05) is 36.5 Å². The Morgan fingerprint density at radius 3 is 2.32 bits per heavy atom. The van der Waals surface area contributed by atoms with Crippen molar-refractivity contribution >= 4 is 23.2 Å². The number of hydrogen-bond acceptors (Lipinski definition) is 5. The summed E-state index contributed by atoms with van der Waals surface area (Å²) < 4.78 is 5.17. The van der Waals surface area contributed by atoms with E-state index in [1.807, 2.05) is 24.3 Å². The average molecular weight is 386 g/mol. The van der Waals surface area contributed by atoms with E-state index in [1.54, 1.807) is 4.90 Å². The molecule has 2 amide bonds. The van der Waals surface area contributed by atoms with Crippen molar-refractivity contribution in [1.82, 2.24) is 4.90 Å². The molecule has 1 atom stereocenters. The fourth-order valence-corrected chi connectivity index (χ4v) is 4.28. The highest BCUT2D eigenvalue weighted by Gasteiger charge is 2.40. The Hall–Kier alpha value is -1.96. The fraction of sp³-hybridized carbons (Fsp3) is 0.619. The number of carbonyl (C=O) groups is 2. The molecule has 1 aromatic carbocycles. The zero-order chi connectivity index (χ0) is 19.5. The Morgan fingerprint density at radius 1 is 1.18 bits per heavy atom. The van der Waals surface area contributed by atoms with Gasteiger partial charge >= 0.3 is 0 Å². The van der Waals surface area contributed by atoms with Crippen LogP contribution in [0.25, 0.3) is 0 Å². The van der Waals surface area contributed by atoms with E-state index < -0.39 is 0 Å². The number of carbonyl (C=O) groups excluding carboxylic acids is 2. The quantitative estimate of drug-likeness (QED) is 0.745. The molecule has 3 fully saturated rings. The molecule has 0 unspecified atom stereocenters. The van der Waals surface area contributed by atoms with Gasteiger partial charge in [-0.15, -0.1) is 0 Å². The number of amides is 2. The van der Waals surface area contributed by atoms with E-state index in [9.17, 15) is 9.59 Å². The monoisotopic (exact) mass is 386 g/mol. The first-order chi connectivity index (χ1) is 13.7. The zero-order valence-electron chi connectivity index (χ0n) is 16.3. The van der Waals surface area contributed by atoms with Crippen LogP contribution in [-0.4, -0.2) is 61.1 Å². The number of nitrogens with one attached hydrogen (secondary N) is 1. The maximum Gasteiger partial charge on any atom is 0.253 e. The van der Waals surface area contributed by atoms with Crippen LogP contribution in [-0.2, 0) is 14.3 Å². The number of benzene rings is 1. The van der Waals surface area contributed by atoms with Crippen molar-refractivity contribution in [2.75, 3.05) is 36.5 Å². The molecule has 0 bridgehead atoms. The normalized spacial score (nSPS) is 21.9. The Balaban J connectivity index is 1.42. The van der Waals surface area contributed by atoms with Crippen molar-refractivity contribution in [3.8, 4) is 0 Å². The lowest BCUT2D eigenvalue weighted by atomic mass is 9.83. The van der Waals surface area contributed by atoms with Gasteiger partial charge in [-0.1, -0.05) is 12.8 Å². The predicted octanol–water partition coefficient (Wildman–Crippen LogP) is 1.72. The molecule has 1 heterocycles. The maximum atomic E-state index is 13.0. The molecule has 3 N–H and O–H groups in total. The maximum absolute atomic E-state index is 13.0. The number of rotatable bonds is 7. The van der Waals surface area contributed by atoms with Gasteiger partial charge in [0.1, 0.15) is 12.6 Å². The van der Waals surface area contributed by atoms with Crippen molar-refractivity contribution in [2.24, 2.45) is 5.73 Å². The minimum Gasteiger partial charge on any atom is -0.370 e. The molecule has 0 aromatic heterocycles. The van der Waals surface area contributed by atoms with Crippen LogP contribution in [0.3, 0.4) is 0 Å². The van der Waals surface area contributed by atoms with Gasteiger partial charge in [-0.25, -0.2) is 0 Å². The number of ether oxygens (including phenoxy) is 1. The van der Waals surface area contributed by atoms with Gasteiger partial charge in [0.15, 0.2) is 0 Å². The lowest BCUT2D eigenvalue weighted by Crippen LogP contribution is -2.60. The van der Waals surface area contributed by atoms with Crippen LogP contribution in [0.15, 0.2) is 24.3 Å². The second kappa shape index (κ2) is 8.59. The van der Waals surface area contributed by atoms with Crippen molar-refractivity contribution in [1.29, 1.82) is 0 Å². The SMILES string of the molecule is NC[C@@H](C(=O)Nc1ccc(N2CCOCC2=O)cc1)N(C1CCC1)C1CCC1. The van der Waals surface area contributed by atoms with Gasteiger partial charge in [-0.05, 0) is 49.9 Å². The summed E-state index contributed by atoms with van der Waals surface area (Å²) in [5.41, 5.74) is 7.60. The minimum atomic E-state index is -0.281. The summed E-state index contributed by atoms with van der Waals surface area (Å²) in [5, 5.41) is 3.03. The first-order valence-corrected chi connectivity index (χ1v) is 10.4. The van der Waals surface area contributed by atoms with Crippen molar-refractivity contribution in [2.45, 2.75) is 56.7 Å². The summed E-state index contributed by atoms with van der Waals surface area (Å²) in [7, 11) is 0. The van der Waals surface area contributed by atoms with Gasteiger partial charge in [0.25, 0.3) is 5.91 Å². The lowest BCUT2D eigenvalue weighted by Gasteiger charge is -2.49. The van der Waals surface area contributed by atoms with Crippen LogP contribution in [0.2, 0.25) is 0 Å². The van der Waals surface area contributed by atoms with Gasteiger partial charge < -0.3 is 20.7 Å². The van der Waals surface area contributed by atoms with E-state index in [0.717, 1.165) is 11.4 Å². The smallest absolute Gasteiger partial charge is 0.253 e. The zero-order valence-corrected chi connectivity index (χ0v) is 16.3. The second-order valence-corrected chi connectivity index (χ2v) is 8.00. The number of anilines is 2. The summed E-state index contributed by atoms with van der Waals surface area (Å²) in [5.74, 6) is -0.0700. The summed E-state index contributed by atoms with van der Waals surface area (Å²) >= 11 is 0. The third kappa shape index (κ3) is 3.92. The Kier molecular flexibility index (Phi) is 5.94. The first-order valence-electron chi connectivity index (χ1n) is 10.4. The molecule has 7 heteroatoms. The van der Waals surface area contributed by atoms with Gasteiger partial charge in [0.05, 0.1) is 6.61 Å². The van der Waals surface area contributed by atoms with Crippen LogP contribution >= 0.6 is 0 Å². The van der Waals surface area contributed by atoms with E-state index >= 15 is 0 Å². The molecule has 1 aromatic rings. The van der Waals surface area contributed by atoms with E-state index in [-0.39, 0.29) is 24.5 Å². The fourth-order valence-electron chi connectivity index (χ4n) is 4.28. The number of nitrogens with zero attached hydrogens (tertiary/aromatic N) is 2. The highest BCUT2D eigenvalue weighted by molar-refractivity contribution is 5.97. The van der Waals surface area contributed by atoms with Crippen molar-refractivity contribution < 1.29 is 14.3 Å². The Morgan fingerprint density at radius 2 is 1.82 bits per heavy atom. The van der Waals surface area contributed by atoms with Crippen LogP contribution in [0.1, 0.15) is 38.5 Å². The van der Waals surface area contributed by atoms with Crippen LogP contribution < -0.4 is 16.0 Å². The standard InChI is InChI=1S/C21H30N4O3/c22-13-19(25(17-3-1-4-17)18-5-2-6-18)21(27)23-15-7-9-16(10-8-15)24-11-12-28-14-20(24)26/h7-10,17-19H,1-6,11-14,22H2,(H,23,27)/t19-/m0/s1. The number of morpholine rings is 1. The summed E-state index contributed by atoms with van der Waals surface area (Å²) in [4.78, 5) is 29.1. The lowest BCUT2D eigenvalue weighted by molar-refractivity contribution is -0.126. The molecule has 2 saturated carbocycles. The van der Waals surface area contributed by atoms with Crippen molar-refractivity contribution in [3.63, 3.8) is 0 Å². The summed E-state index contributed by atoms with van der Waals surface area (Å²) in [6.45, 7) is 1.55. The highest BCUT2D eigenvalue weighted by Crippen LogP contribution is 2.35. The minimum absolute atomic E-state index is 0.0310. The Labute approximate surface area is 166 Å². The number of nitrogens with two attached hydrogens (primary N) is 1. The molecule has 0 radical (unpaired) electrons. The summed E-state index contributed by atoms with van der Waals surface area (Å²) in [6.07, 6.45) is 7.17. The van der Waals surface area contributed by atoms with E-state index in [4.69, 9.17) is 10.5 Å². The van der Waals surface area contributed by atoms with E-state index in [2.05, 4.69) is 10.2 Å². The molecule has 152 valence electrons. The van der Waals surface area contributed by atoms with Gasteiger partial charge in [0.2, 0.25) is 5.91 Å². The topological polar surface area (TPSA) is 87.9 Å². The van der Waals surface area contributed by atoms with Crippen LogP contribution in [0.5, 0.6) is 0 Å². The molecule has 7 nitrogen and oxygen atoms in total. The van der Waals surface area contributed by atoms with E-state index in [1.165, 1.54) is 38.5 Å². The molecule has 4 rings (SSSR count). The first kappa shape index (κ1) is 19.4. The number of hydrogen-bond donors (Lipinski definition) is 2. The Bertz CT molecular complexity index is 686. The van der Waals surface area contributed by atoms with Gasteiger partial charge in [-0.2, -0.15) is 0 Å². The largest absolute Gasteiger partial charge is 0.370 e. The third-order valence-electron chi connectivity index (χ3n) is 6.31. The third-order valence-corrected chi connectivity index (χ3v) is 6.31. The van der Waals surface area contributed by atoms with Crippen LogP contribution in [0.4, 0.5) is 11.4 Å². The average Bonchev–Trinajstić information content (AvgIpc) is 2.61. The molecule has 1 aliphatic heterocycles. The molecule has 3 aliphatic rings. The van der Waals surface area contributed by atoms with E-state index in [0.29, 0.717) is 31.8 Å². The van der Waals surface area contributed by atoms with Gasteiger partial charge in [-0.3, -0.25) is 14.5 Å². The predicted molar refractivity (Wildman–Crippen MR) is 108 cm³/mol. The molecule has 0 spiro atoms. The molecule has 1 saturated heterocycles.